The van der Waals surface area contributed by atoms with Crippen molar-refractivity contribution in [2.75, 3.05) is 0 Å². The number of aromatic nitrogens is 2. The van der Waals surface area contributed by atoms with E-state index in [-0.39, 0.29) is 5.75 Å². The fourth-order valence-corrected chi connectivity index (χ4v) is 3.54. The molecule has 30 heavy (non-hydrogen) atoms. The number of aromatic amines is 1. The summed E-state index contributed by atoms with van der Waals surface area (Å²) in [7, 11) is 0. The molecule has 0 fully saturated rings. The number of H-pyrrole nitrogens is 1. The van der Waals surface area contributed by atoms with Gasteiger partial charge in [-0.1, -0.05) is 40.2 Å². The van der Waals surface area contributed by atoms with Crippen LogP contribution in [0.15, 0.2) is 75.7 Å². The molecule has 152 valence electrons. The SMILES string of the molecule is Cc1[nH]nc(-c2ccc(OCc3ccc(Br)cc3)cc2O)c1Oc1ccccc1Br. The highest BCUT2D eigenvalue weighted by Gasteiger charge is 2.19. The summed E-state index contributed by atoms with van der Waals surface area (Å²) in [4.78, 5) is 0. The van der Waals surface area contributed by atoms with Crippen LogP contribution in [-0.4, -0.2) is 15.3 Å². The topological polar surface area (TPSA) is 67.4 Å². The molecule has 0 saturated heterocycles. The number of hydrogen-bond acceptors (Lipinski definition) is 4. The average molecular weight is 530 g/mol. The maximum absolute atomic E-state index is 10.6. The van der Waals surface area contributed by atoms with Gasteiger partial charge in [-0.2, -0.15) is 5.10 Å². The maximum Gasteiger partial charge on any atom is 0.176 e. The molecule has 0 aliphatic heterocycles. The summed E-state index contributed by atoms with van der Waals surface area (Å²) in [5.41, 5.74) is 2.88. The molecule has 0 aliphatic carbocycles. The number of rotatable bonds is 6. The minimum atomic E-state index is 0.0618. The summed E-state index contributed by atoms with van der Waals surface area (Å²) in [5, 5.41) is 17.9. The Kier molecular flexibility index (Phi) is 6.11. The van der Waals surface area contributed by atoms with Crippen LogP contribution in [0, 0.1) is 6.92 Å². The molecule has 1 heterocycles. The van der Waals surface area contributed by atoms with Crippen molar-refractivity contribution in [3.63, 3.8) is 0 Å². The normalized spacial score (nSPS) is 10.8. The van der Waals surface area contributed by atoms with Crippen LogP contribution in [0.1, 0.15) is 11.3 Å². The molecule has 0 atom stereocenters. The van der Waals surface area contributed by atoms with E-state index in [0.29, 0.717) is 35.1 Å². The Morgan fingerprint density at radius 1 is 1.00 bits per heavy atom. The number of benzene rings is 3. The third kappa shape index (κ3) is 4.52. The van der Waals surface area contributed by atoms with E-state index < -0.39 is 0 Å². The highest BCUT2D eigenvalue weighted by molar-refractivity contribution is 9.10. The molecule has 4 rings (SSSR count). The Morgan fingerprint density at radius 2 is 1.77 bits per heavy atom. The quantitative estimate of drug-likeness (QED) is 0.282. The summed E-state index contributed by atoms with van der Waals surface area (Å²) < 4.78 is 13.7. The number of aromatic hydroxyl groups is 1. The first-order valence-electron chi connectivity index (χ1n) is 9.19. The first-order valence-corrected chi connectivity index (χ1v) is 10.8. The van der Waals surface area contributed by atoms with Crippen LogP contribution in [0.4, 0.5) is 0 Å². The van der Waals surface area contributed by atoms with Crippen molar-refractivity contribution in [2.24, 2.45) is 0 Å². The molecule has 0 saturated carbocycles. The van der Waals surface area contributed by atoms with Gasteiger partial charge in [-0.15, -0.1) is 0 Å². The van der Waals surface area contributed by atoms with Crippen LogP contribution < -0.4 is 9.47 Å². The van der Waals surface area contributed by atoms with Crippen molar-refractivity contribution in [1.29, 1.82) is 0 Å². The molecule has 0 amide bonds. The minimum Gasteiger partial charge on any atom is -0.507 e. The lowest BCUT2D eigenvalue weighted by atomic mass is 10.1. The minimum absolute atomic E-state index is 0.0618. The molecule has 0 bridgehead atoms. The molecule has 0 unspecified atom stereocenters. The summed E-state index contributed by atoms with van der Waals surface area (Å²) in [5.74, 6) is 1.85. The van der Waals surface area contributed by atoms with E-state index in [1.165, 1.54) is 0 Å². The summed E-state index contributed by atoms with van der Waals surface area (Å²) >= 11 is 6.91. The molecule has 3 aromatic carbocycles. The first kappa shape index (κ1) is 20.5. The molecule has 4 aromatic rings. The number of halogens is 2. The van der Waals surface area contributed by atoms with Crippen molar-refractivity contribution in [1.82, 2.24) is 10.2 Å². The number of hydrogen-bond donors (Lipinski definition) is 2. The van der Waals surface area contributed by atoms with Gasteiger partial charge in [-0.3, -0.25) is 5.10 Å². The number of para-hydroxylation sites is 1. The van der Waals surface area contributed by atoms with Crippen molar-refractivity contribution in [3.8, 4) is 34.3 Å². The number of ether oxygens (including phenoxy) is 2. The van der Waals surface area contributed by atoms with E-state index in [4.69, 9.17) is 9.47 Å². The van der Waals surface area contributed by atoms with Gasteiger partial charge in [0.25, 0.3) is 0 Å². The lowest BCUT2D eigenvalue weighted by Gasteiger charge is -2.11. The largest absolute Gasteiger partial charge is 0.507 e. The van der Waals surface area contributed by atoms with E-state index in [0.717, 1.165) is 20.2 Å². The van der Waals surface area contributed by atoms with E-state index in [2.05, 4.69) is 42.1 Å². The van der Waals surface area contributed by atoms with Crippen LogP contribution in [0.2, 0.25) is 0 Å². The molecule has 1 aromatic heterocycles. The third-order valence-electron chi connectivity index (χ3n) is 4.48. The highest BCUT2D eigenvalue weighted by atomic mass is 79.9. The Labute approximate surface area is 190 Å². The standard InChI is InChI=1S/C23H18Br2N2O3/c1-14-23(30-21-5-3-2-4-19(21)25)22(27-26-14)18-11-10-17(12-20(18)28)29-13-15-6-8-16(24)9-7-15/h2-12,28H,13H2,1H3,(H,26,27). The highest BCUT2D eigenvalue weighted by Crippen LogP contribution is 2.41. The van der Waals surface area contributed by atoms with Crippen LogP contribution in [0.3, 0.4) is 0 Å². The number of phenols is 1. The Bertz CT molecular complexity index is 1170. The van der Waals surface area contributed by atoms with Gasteiger partial charge < -0.3 is 14.6 Å². The molecule has 2 N–H and O–H groups in total. The number of nitrogens with one attached hydrogen (secondary N) is 1. The summed E-state index contributed by atoms with van der Waals surface area (Å²) in [6.45, 7) is 2.28. The molecule has 7 heteroatoms. The smallest absolute Gasteiger partial charge is 0.176 e. The lowest BCUT2D eigenvalue weighted by molar-refractivity contribution is 0.304. The van der Waals surface area contributed by atoms with Crippen LogP contribution >= 0.6 is 31.9 Å². The predicted molar refractivity (Wildman–Crippen MR) is 123 cm³/mol. The zero-order chi connectivity index (χ0) is 21.1. The Morgan fingerprint density at radius 3 is 2.50 bits per heavy atom. The van der Waals surface area contributed by atoms with E-state index in [1.54, 1.807) is 18.2 Å². The molecule has 5 nitrogen and oxygen atoms in total. The van der Waals surface area contributed by atoms with Crippen LogP contribution in [0.25, 0.3) is 11.3 Å². The van der Waals surface area contributed by atoms with Crippen molar-refractivity contribution < 1.29 is 14.6 Å². The first-order chi connectivity index (χ1) is 14.5. The fourth-order valence-electron chi connectivity index (χ4n) is 2.91. The number of phenolic OH excluding ortho intramolecular Hbond substituents is 1. The van der Waals surface area contributed by atoms with Crippen LogP contribution in [0.5, 0.6) is 23.0 Å². The second-order valence-corrected chi connectivity index (χ2v) is 8.42. The zero-order valence-corrected chi connectivity index (χ0v) is 19.2. The van der Waals surface area contributed by atoms with Crippen molar-refractivity contribution in [2.45, 2.75) is 13.5 Å². The van der Waals surface area contributed by atoms with E-state index in [1.807, 2.05) is 55.5 Å². The van der Waals surface area contributed by atoms with Crippen molar-refractivity contribution in [3.05, 3.63) is 86.9 Å². The van der Waals surface area contributed by atoms with Gasteiger partial charge in [0.15, 0.2) is 5.75 Å². The van der Waals surface area contributed by atoms with E-state index >= 15 is 0 Å². The van der Waals surface area contributed by atoms with Gasteiger partial charge in [0, 0.05) is 16.1 Å². The van der Waals surface area contributed by atoms with Gasteiger partial charge in [0.2, 0.25) is 0 Å². The predicted octanol–water partition coefficient (Wildman–Crippen LogP) is 6.99. The van der Waals surface area contributed by atoms with Crippen LogP contribution in [-0.2, 0) is 6.61 Å². The number of aryl methyl sites for hydroxylation is 1. The molecule has 0 radical (unpaired) electrons. The second kappa shape index (κ2) is 8.93. The summed E-state index contributed by atoms with van der Waals surface area (Å²) in [6, 6.07) is 20.6. The average Bonchev–Trinajstić information content (AvgIpc) is 3.09. The Balaban J connectivity index is 1.56. The summed E-state index contributed by atoms with van der Waals surface area (Å²) in [6.07, 6.45) is 0. The number of nitrogens with zero attached hydrogens (tertiary/aromatic N) is 1. The van der Waals surface area contributed by atoms with E-state index in [9.17, 15) is 5.11 Å². The third-order valence-corrected chi connectivity index (χ3v) is 5.67. The fraction of sp³-hybridized carbons (Fsp3) is 0.0870. The Hall–Kier alpha value is -2.77. The van der Waals surface area contributed by atoms with Gasteiger partial charge in [0.05, 0.1) is 10.2 Å². The second-order valence-electron chi connectivity index (χ2n) is 6.65. The van der Waals surface area contributed by atoms with Gasteiger partial charge in [0.1, 0.15) is 29.5 Å². The lowest BCUT2D eigenvalue weighted by Crippen LogP contribution is -1.95. The zero-order valence-electron chi connectivity index (χ0n) is 16.0. The van der Waals surface area contributed by atoms with Gasteiger partial charge in [-0.25, -0.2) is 0 Å². The molecule has 0 spiro atoms. The van der Waals surface area contributed by atoms with Gasteiger partial charge >= 0.3 is 0 Å². The monoisotopic (exact) mass is 528 g/mol. The maximum atomic E-state index is 10.6. The molecule has 0 aliphatic rings. The molecular formula is C23H18Br2N2O3. The van der Waals surface area contributed by atoms with Crippen molar-refractivity contribution >= 4 is 31.9 Å². The molecular weight excluding hydrogens is 512 g/mol. The van der Waals surface area contributed by atoms with Gasteiger partial charge in [-0.05, 0) is 64.8 Å².